The molecule has 6 nitrogen and oxygen atoms in total. The second-order valence-electron chi connectivity index (χ2n) is 24.1. The van der Waals surface area contributed by atoms with Gasteiger partial charge < -0.3 is 14.2 Å². The molecule has 0 radical (unpaired) electrons. The van der Waals surface area contributed by atoms with Crippen molar-refractivity contribution in [3.05, 3.63) is 72.9 Å². The van der Waals surface area contributed by atoms with Gasteiger partial charge in [0.1, 0.15) is 13.2 Å². The van der Waals surface area contributed by atoms with Crippen LogP contribution in [0.4, 0.5) is 0 Å². The molecule has 0 aromatic rings. The molecule has 0 aromatic carbocycles. The molecule has 0 aliphatic carbocycles. The second-order valence-corrected chi connectivity index (χ2v) is 24.1. The van der Waals surface area contributed by atoms with Crippen molar-refractivity contribution < 1.29 is 28.6 Å². The molecule has 0 aromatic heterocycles. The fourth-order valence-corrected chi connectivity index (χ4v) is 10.6. The van der Waals surface area contributed by atoms with Gasteiger partial charge in [-0.15, -0.1) is 0 Å². The molecule has 0 saturated carbocycles. The number of allylic oxidation sites excluding steroid dienone is 12. The number of esters is 3. The van der Waals surface area contributed by atoms with E-state index >= 15 is 0 Å². The lowest BCUT2D eigenvalue weighted by atomic mass is 10.0. The highest BCUT2D eigenvalue weighted by Gasteiger charge is 2.19. The van der Waals surface area contributed by atoms with E-state index in [1.807, 2.05) is 0 Å². The number of carbonyl (C=O) groups excluding carboxylic acids is 3. The summed E-state index contributed by atoms with van der Waals surface area (Å²) in [7, 11) is 0. The first-order chi connectivity index (χ1) is 40.5. The molecular weight excluding hydrogens is 1010 g/mol. The van der Waals surface area contributed by atoms with E-state index in [1.165, 1.54) is 238 Å². The van der Waals surface area contributed by atoms with Crippen molar-refractivity contribution in [2.24, 2.45) is 0 Å². The Morgan fingerprint density at radius 2 is 0.476 bits per heavy atom. The van der Waals surface area contributed by atoms with Gasteiger partial charge in [0, 0.05) is 19.3 Å². The summed E-state index contributed by atoms with van der Waals surface area (Å²) < 4.78 is 17.0. The van der Waals surface area contributed by atoms with E-state index in [0.717, 1.165) is 96.3 Å². The molecule has 0 spiro atoms. The predicted octanol–water partition coefficient (Wildman–Crippen LogP) is 24.8. The first-order valence-electron chi connectivity index (χ1n) is 35.9. The first kappa shape index (κ1) is 78.8. The van der Waals surface area contributed by atoms with E-state index < -0.39 is 6.10 Å². The minimum absolute atomic E-state index is 0.0690. The summed E-state index contributed by atoms with van der Waals surface area (Å²) in [5.41, 5.74) is 0. The normalized spacial score (nSPS) is 12.5. The summed E-state index contributed by atoms with van der Waals surface area (Å²) in [6.07, 6.45) is 92.2. The summed E-state index contributed by atoms with van der Waals surface area (Å²) in [6, 6.07) is 0. The molecular formula is C76H136O6. The highest BCUT2D eigenvalue weighted by atomic mass is 16.6. The van der Waals surface area contributed by atoms with Gasteiger partial charge in [0.25, 0.3) is 0 Å². The Kier molecular flexibility index (Phi) is 67.6. The van der Waals surface area contributed by atoms with Gasteiger partial charge in [-0.2, -0.15) is 0 Å². The topological polar surface area (TPSA) is 78.9 Å². The van der Waals surface area contributed by atoms with Crippen molar-refractivity contribution in [3.8, 4) is 0 Å². The van der Waals surface area contributed by atoms with Crippen LogP contribution in [0.5, 0.6) is 0 Å². The number of carbonyl (C=O) groups is 3. The molecule has 0 amide bonds. The van der Waals surface area contributed by atoms with Crippen LogP contribution in [-0.4, -0.2) is 37.2 Å². The molecule has 6 heteroatoms. The van der Waals surface area contributed by atoms with Crippen LogP contribution in [-0.2, 0) is 28.6 Å². The molecule has 0 N–H and O–H groups in total. The quantitative estimate of drug-likeness (QED) is 0.0261. The Morgan fingerprint density at radius 1 is 0.256 bits per heavy atom. The largest absolute Gasteiger partial charge is 0.462 e. The Morgan fingerprint density at radius 3 is 0.744 bits per heavy atom. The van der Waals surface area contributed by atoms with Crippen LogP contribution >= 0.6 is 0 Å². The number of unbranched alkanes of at least 4 members (excludes halogenated alkanes) is 43. The molecule has 0 bridgehead atoms. The van der Waals surface area contributed by atoms with E-state index in [0.29, 0.717) is 19.3 Å². The highest BCUT2D eigenvalue weighted by Crippen LogP contribution is 2.18. The summed E-state index contributed by atoms with van der Waals surface area (Å²) in [5, 5.41) is 0. The zero-order valence-electron chi connectivity index (χ0n) is 54.8. The minimum Gasteiger partial charge on any atom is -0.462 e. The SMILES string of the molecule is CC/C=C\C/C=C\C/C=C\C/C=C\C/C=C\C/C=C\CCCCCCCCCCCCCCC(=O)OCC(COC(=O)CCCCCCCCCCCCCC)OC(=O)CCCCCCCCCCCCCCCCCCCCCCC. The average molecular weight is 1150 g/mol. The van der Waals surface area contributed by atoms with Gasteiger partial charge in [-0.1, -0.05) is 357 Å². The number of hydrogen-bond donors (Lipinski definition) is 0. The van der Waals surface area contributed by atoms with Crippen molar-refractivity contribution >= 4 is 17.9 Å². The Hall–Kier alpha value is -3.15. The molecule has 0 aliphatic heterocycles. The maximum atomic E-state index is 12.9. The van der Waals surface area contributed by atoms with Gasteiger partial charge in [-0.3, -0.25) is 14.4 Å². The summed E-state index contributed by atoms with van der Waals surface area (Å²) >= 11 is 0. The lowest BCUT2D eigenvalue weighted by Gasteiger charge is -2.18. The summed E-state index contributed by atoms with van der Waals surface area (Å²) in [4.78, 5) is 38.4. The number of ether oxygens (including phenoxy) is 3. The maximum Gasteiger partial charge on any atom is 0.306 e. The van der Waals surface area contributed by atoms with Crippen LogP contribution in [0.2, 0.25) is 0 Å². The summed E-state index contributed by atoms with van der Waals surface area (Å²) in [6.45, 7) is 6.58. The zero-order valence-corrected chi connectivity index (χ0v) is 54.8. The molecule has 476 valence electrons. The third-order valence-corrected chi connectivity index (χ3v) is 16.0. The monoisotopic (exact) mass is 1150 g/mol. The molecule has 0 saturated heterocycles. The van der Waals surface area contributed by atoms with Gasteiger partial charge >= 0.3 is 17.9 Å². The molecule has 0 heterocycles. The van der Waals surface area contributed by atoms with Crippen LogP contribution in [0, 0.1) is 0 Å². The smallest absolute Gasteiger partial charge is 0.306 e. The molecule has 82 heavy (non-hydrogen) atoms. The maximum absolute atomic E-state index is 12.9. The average Bonchev–Trinajstić information content (AvgIpc) is 3.47. The Balaban J connectivity index is 4.20. The fourth-order valence-electron chi connectivity index (χ4n) is 10.6. The van der Waals surface area contributed by atoms with Crippen molar-refractivity contribution in [1.82, 2.24) is 0 Å². The van der Waals surface area contributed by atoms with Gasteiger partial charge in [-0.05, 0) is 70.6 Å². The van der Waals surface area contributed by atoms with Crippen molar-refractivity contribution in [2.45, 2.75) is 380 Å². The van der Waals surface area contributed by atoms with Gasteiger partial charge in [0.2, 0.25) is 0 Å². The third kappa shape index (κ3) is 67.6. The molecule has 1 atom stereocenters. The molecule has 0 rings (SSSR count). The zero-order chi connectivity index (χ0) is 59.2. The van der Waals surface area contributed by atoms with Crippen molar-refractivity contribution in [1.29, 1.82) is 0 Å². The summed E-state index contributed by atoms with van der Waals surface area (Å²) in [5.74, 6) is -0.846. The van der Waals surface area contributed by atoms with E-state index in [2.05, 4.69) is 93.7 Å². The van der Waals surface area contributed by atoms with Gasteiger partial charge in [-0.25, -0.2) is 0 Å². The Bertz CT molecular complexity index is 1500. The second kappa shape index (κ2) is 70.3. The van der Waals surface area contributed by atoms with E-state index in [-0.39, 0.29) is 31.1 Å². The van der Waals surface area contributed by atoms with Crippen molar-refractivity contribution in [3.63, 3.8) is 0 Å². The molecule has 0 aliphatic rings. The van der Waals surface area contributed by atoms with E-state index in [9.17, 15) is 14.4 Å². The van der Waals surface area contributed by atoms with Gasteiger partial charge in [0.05, 0.1) is 0 Å². The molecule has 0 fully saturated rings. The highest BCUT2D eigenvalue weighted by molar-refractivity contribution is 5.71. The Labute approximate surface area is 510 Å². The van der Waals surface area contributed by atoms with Crippen molar-refractivity contribution in [2.75, 3.05) is 13.2 Å². The lowest BCUT2D eigenvalue weighted by molar-refractivity contribution is -0.167. The standard InChI is InChI=1S/C76H136O6/c1-4-7-10-13-16-19-22-25-27-29-31-33-34-35-36-37-38-39-40-41-42-44-45-47-49-51-54-57-60-63-66-69-75(78)81-72-73(71-80-74(77)68-65-62-59-56-53-24-21-18-15-12-9-6-3)82-76(79)70-67-64-61-58-55-52-50-48-46-43-32-30-28-26-23-20-17-14-11-8-5-2/h7,10,16,19,25,27,31,33,35-36,38-39,73H,4-6,8-9,11-15,17-18,20-24,26,28-30,32,34,37,40-72H2,1-3H3/b10-7-,19-16-,27-25-,33-31-,36-35-,39-38-. The number of hydrogen-bond acceptors (Lipinski definition) is 6. The van der Waals surface area contributed by atoms with Gasteiger partial charge in [0.15, 0.2) is 6.10 Å². The predicted molar refractivity (Wildman–Crippen MR) is 358 cm³/mol. The third-order valence-electron chi connectivity index (χ3n) is 16.0. The van der Waals surface area contributed by atoms with Crippen LogP contribution < -0.4 is 0 Å². The van der Waals surface area contributed by atoms with Crippen LogP contribution in [0.25, 0.3) is 0 Å². The lowest BCUT2D eigenvalue weighted by Crippen LogP contribution is -2.30. The van der Waals surface area contributed by atoms with E-state index in [4.69, 9.17) is 14.2 Å². The fraction of sp³-hybridized carbons (Fsp3) is 0.803. The molecule has 1 unspecified atom stereocenters. The van der Waals surface area contributed by atoms with Crippen LogP contribution in [0.3, 0.4) is 0 Å². The van der Waals surface area contributed by atoms with E-state index in [1.54, 1.807) is 0 Å². The van der Waals surface area contributed by atoms with Crippen LogP contribution in [0.1, 0.15) is 374 Å². The minimum atomic E-state index is -0.773. The van der Waals surface area contributed by atoms with Crippen LogP contribution in [0.15, 0.2) is 72.9 Å². The first-order valence-corrected chi connectivity index (χ1v) is 35.9. The number of rotatable bonds is 66.